The van der Waals surface area contributed by atoms with Crippen LogP contribution in [0.25, 0.3) is 0 Å². The molecule has 0 bridgehead atoms. The van der Waals surface area contributed by atoms with Crippen LogP contribution in [0.1, 0.15) is 41.4 Å². The molecule has 4 aromatic rings. The van der Waals surface area contributed by atoms with E-state index in [4.69, 9.17) is 47.4 Å². The first-order valence-electron chi connectivity index (χ1n) is 16.2. The molecule has 14 heteroatoms. The monoisotopic (exact) mass is 730 g/mol. The lowest BCUT2D eigenvalue weighted by molar-refractivity contribution is -0.291. The second-order valence-corrected chi connectivity index (χ2v) is 11.3. The third kappa shape index (κ3) is 8.68. The minimum Gasteiger partial charge on any atom is -0.496 e. The average Bonchev–Trinajstić information content (AvgIpc) is 3.20. The fraction of sp³-hybridized carbons (Fsp3) is 0.282. The van der Waals surface area contributed by atoms with Crippen LogP contribution in [0, 0.1) is 0 Å². The number of carbonyl (C=O) groups is 4. The highest BCUT2D eigenvalue weighted by atomic mass is 16.7. The summed E-state index contributed by atoms with van der Waals surface area (Å²) in [5.41, 5.74) is 0.180. The topological polar surface area (TPSA) is 161 Å². The summed E-state index contributed by atoms with van der Waals surface area (Å²) in [6, 6.07) is 25.3. The number of hydrogen-bond acceptors (Lipinski definition) is 14. The highest BCUT2D eigenvalue weighted by Crippen LogP contribution is 2.34. The van der Waals surface area contributed by atoms with Crippen LogP contribution in [0.3, 0.4) is 0 Å². The second kappa shape index (κ2) is 17.9. The van der Waals surface area contributed by atoms with Crippen LogP contribution in [0.4, 0.5) is 0 Å². The molecule has 1 saturated heterocycles. The van der Waals surface area contributed by atoms with E-state index in [2.05, 4.69) is 0 Å². The van der Waals surface area contributed by atoms with E-state index >= 15 is 0 Å². The Labute approximate surface area is 305 Å². The highest BCUT2D eigenvalue weighted by Gasteiger charge is 2.53. The smallest absolute Gasteiger partial charge is 0.342 e. The van der Waals surface area contributed by atoms with Crippen LogP contribution in [0.5, 0.6) is 23.0 Å². The van der Waals surface area contributed by atoms with Gasteiger partial charge >= 0.3 is 23.9 Å². The molecule has 1 aliphatic heterocycles. The normalized spacial score (nSPS) is 19.2. The van der Waals surface area contributed by atoms with Crippen molar-refractivity contribution in [1.29, 1.82) is 0 Å². The quantitative estimate of drug-likeness (QED) is 0.127. The molecule has 5 rings (SSSR count). The van der Waals surface area contributed by atoms with Crippen LogP contribution in [0.15, 0.2) is 97.1 Å². The van der Waals surface area contributed by atoms with E-state index in [1.165, 1.54) is 59.8 Å². The van der Waals surface area contributed by atoms with Crippen molar-refractivity contribution < 1.29 is 66.5 Å². The first kappa shape index (κ1) is 38.1. The van der Waals surface area contributed by atoms with Gasteiger partial charge in [0, 0.05) is 7.11 Å². The first-order chi connectivity index (χ1) is 25.7. The molecule has 5 atom stereocenters. The number of para-hydroxylation sites is 4. The van der Waals surface area contributed by atoms with E-state index in [1.54, 1.807) is 72.8 Å². The van der Waals surface area contributed by atoms with Gasteiger partial charge in [-0.25, -0.2) is 19.2 Å². The molecule has 1 aliphatic rings. The van der Waals surface area contributed by atoms with Crippen molar-refractivity contribution in [3.05, 3.63) is 119 Å². The SMILES string of the molecule is COc1ccccc1C(=O)OC[C@H]1O[C@H](OC)[C@H](OC(=O)c2ccccc2OC)[C@@H](OC(=O)c2ccccc2OC)[C@@H]1OC(=O)c1ccccc1OC. The molecule has 0 unspecified atom stereocenters. The predicted octanol–water partition coefficient (Wildman–Crippen LogP) is 4.93. The van der Waals surface area contributed by atoms with E-state index in [9.17, 15) is 19.2 Å². The van der Waals surface area contributed by atoms with Gasteiger partial charge < -0.3 is 47.4 Å². The maximum atomic E-state index is 13.9. The average molecular weight is 731 g/mol. The fourth-order valence-corrected chi connectivity index (χ4v) is 5.65. The summed E-state index contributed by atoms with van der Waals surface area (Å²) in [6.07, 6.45) is -7.57. The lowest BCUT2D eigenvalue weighted by Crippen LogP contribution is -2.63. The number of rotatable bonds is 14. The molecule has 0 saturated carbocycles. The van der Waals surface area contributed by atoms with E-state index in [0.717, 1.165) is 0 Å². The minimum atomic E-state index is -1.63. The second-order valence-electron chi connectivity index (χ2n) is 11.3. The fourth-order valence-electron chi connectivity index (χ4n) is 5.65. The molecule has 1 heterocycles. The largest absolute Gasteiger partial charge is 0.496 e. The highest BCUT2D eigenvalue weighted by molar-refractivity contribution is 5.95. The molecule has 0 spiro atoms. The molecule has 1 fully saturated rings. The van der Waals surface area contributed by atoms with E-state index in [1.807, 2.05) is 0 Å². The molecule has 0 amide bonds. The van der Waals surface area contributed by atoms with E-state index in [-0.39, 0.29) is 45.3 Å². The van der Waals surface area contributed by atoms with Crippen molar-refractivity contribution in [2.24, 2.45) is 0 Å². The summed E-state index contributed by atoms with van der Waals surface area (Å²) in [5, 5.41) is 0. The van der Waals surface area contributed by atoms with Gasteiger partial charge in [0.1, 0.15) is 58.0 Å². The number of esters is 4. The van der Waals surface area contributed by atoms with Crippen molar-refractivity contribution in [2.75, 3.05) is 42.2 Å². The molecular weight excluding hydrogens is 692 g/mol. The van der Waals surface area contributed by atoms with Gasteiger partial charge in [-0.2, -0.15) is 0 Å². The van der Waals surface area contributed by atoms with Gasteiger partial charge in [-0.15, -0.1) is 0 Å². The first-order valence-corrected chi connectivity index (χ1v) is 16.2. The van der Waals surface area contributed by atoms with Gasteiger partial charge in [-0.1, -0.05) is 48.5 Å². The van der Waals surface area contributed by atoms with Gasteiger partial charge in [-0.3, -0.25) is 0 Å². The van der Waals surface area contributed by atoms with E-state index < -0.39 is 61.2 Å². The Kier molecular flexibility index (Phi) is 12.9. The maximum Gasteiger partial charge on any atom is 0.342 e. The van der Waals surface area contributed by atoms with Crippen molar-refractivity contribution in [1.82, 2.24) is 0 Å². The number of hydrogen-bond donors (Lipinski definition) is 0. The van der Waals surface area contributed by atoms with Crippen LogP contribution in [-0.4, -0.2) is 96.7 Å². The zero-order chi connectivity index (χ0) is 37.9. The Bertz CT molecular complexity index is 1910. The van der Waals surface area contributed by atoms with Crippen molar-refractivity contribution >= 4 is 23.9 Å². The zero-order valence-electron chi connectivity index (χ0n) is 29.5. The van der Waals surface area contributed by atoms with Crippen LogP contribution >= 0.6 is 0 Å². The number of benzene rings is 4. The third-order valence-corrected chi connectivity index (χ3v) is 8.24. The Hall–Kier alpha value is -6.12. The van der Waals surface area contributed by atoms with Crippen LogP contribution in [-0.2, 0) is 28.4 Å². The van der Waals surface area contributed by atoms with E-state index in [0.29, 0.717) is 0 Å². The number of carbonyl (C=O) groups excluding carboxylic acids is 4. The van der Waals surface area contributed by atoms with Gasteiger partial charge in [0.25, 0.3) is 0 Å². The molecular formula is C39H38O14. The minimum absolute atomic E-state index is 0.0132. The summed E-state index contributed by atoms with van der Waals surface area (Å²) < 4.78 is 56.9. The van der Waals surface area contributed by atoms with Gasteiger partial charge in [0.05, 0.1) is 28.4 Å². The summed E-state index contributed by atoms with van der Waals surface area (Å²) in [6.45, 7) is -0.545. The van der Waals surface area contributed by atoms with Crippen LogP contribution in [0.2, 0.25) is 0 Å². The lowest BCUT2D eigenvalue weighted by Gasteiger charge is -2.44. The lowest BCUT2D eigenvalue weighted by atomic mass is 9.97. The summed E-state index contributed by atoms with van der Waals surface area (Å²) in [5.74, 6) is -2.71. The van der Waals surface area contributed by atoms with Crippen molar-refractivity contribution in [2.45, 2.75) is 30.7 Å². The van der Waals surface area contributed by atoms with Gasteiger partial charge in [0.15, 0.2) is 24.6 Å². The maximum absolute atomic E-state index is 13.9. The molecule has 0 N–H and O–H groups in total. The molecule has 0 aliphatic carbocycles. The van der Waals surface area contributed by atoms with Gasteiger partial charge in [-0.05, 0) is 48.5 Å². The third-order valence-electron chi connectivity index (χ3n) is 8.24. The molecule has 0 aromatic heterocycles. The molecule has 0 radical (unpaired) electrons. The van der Waals surface area contributed by atoms with Crippen molar-refractivity contribution in [3.8, 4) is 23.0 Å². The predicted molar refractivity (Wildman–Crippen MR) is 186 cm³/mol. The molecule has 14 nitrogen and oxygen atoms in total. The number of methoxy groups -OCH3 is 5. The van der Waals surface area contributed by atoms with Gasteiger partial charge in [0.2, 0.25) is 0 Å². The Balaban J connectivity index is 1.58. The number of ether oxygens (including phenoxy) is 10. The molecule has 278 valence electrons. The Morgan fingerprint density at radius 2 is 0.811 bits per heavy atom. The molecule has 53 heavy (non-hydrogen) atoms. The van der Waals surface area contributed by atoms with Crippen LogP contribution < -0.4 is 18.9 Å². The Morgan fingerprint density at radius 1 is 0.472 bits per heavy atom. The molecule has 4 aromatic carbocycles. The van der Waals surface area contributed by atoms with Crippen molar-refractivity contribution in [3.63, 3.8) is 0 Å². The zero-order valence-corrected chi connectivity index (χ0v) is 29.5. The summed E-state index contributed by atoms with van der Waals surface area (Å²) in [7, 11) is 6.82. The summed E-state index contributed by atoms with van der Waals surface area (Å²) in [4.78, 5) is 54.8. The Morgan fingerprint density at radius 3 is 1.19 bits per heavy atom. The standard InChI is InChI=1S/C39H38O14/c1-44-27-18-10-6-14-23(27)35(40)49-22-31-32(51-36(41)24-15-7-11-19-28(24)45-2)33(52-37(42)25-16-8-12-20-29(25)46-3)34(39(48-5)50-31)53-38(43)26-17-9-13-21-30(26)47-4/h6-21,31-34,39H,22H2,1-5H3/t31-,32-,33+,34-,39+/m1/s1. The summed E-state index contributed by atoms with van der Waals surface area (Å²) >= 11 is 0.